The van der Waals surface area contributed by atoms with Crippen LogP contribution in [0.5, 0.6) is 11.5 Å². The summed E-state index contributed by atoms with van der Waals surface area (Å²) in [5.41, 5.74) is 6.52. The molecule has 3 nitrogen and oxygen atoms in total. The van der Waals surface area contributed by atoms with Gasteiger partial charge in [-0.05, 0) is 44.2 Å². The molecule has 1 fully saturated rings. The summed E-state index contributed by atoms with van der Waals surface area (Å²) in [5, 5.41) is 0. The van der Waals surface area contributed by atoms with Gasteiger partial charge in [0.15, 0.2) is 0 Å². The first-order chi connectivity index (χ1) is 8.69. The van der Waals surface area contributed by atoms with Gasteiger partial charge in [0.25, 0.3) is 0 Å². The highest BCUT2D eigenvalue weighted by Gasteiger charge is 2.20. The summed E-state index contributed by atoms with van der Waals surface area (Å²) in [7, 11) is 0. The summed E-state index contributed by atoms with van der Waals surface area (Å²) in [5.74, 6) is 2.36. The van der Waals surface area contributed by atoms with Crippen molar-refractivity contribution in [3.63, 3.8) is 0 Å². The van der Waals surface area contributed by atoms with Crippen LogP contribution in [0.1, 0.15) is 39.5 Å². The zero-order valence-corrected chi connectivity index (χ0v) is 11.3. The molecule has 0 spiro atoms. The molecule has 1 aliphatic rings. The summed E-state index contributed by atoms with van der Waals surface area (Å²) in [6.07, 6.45) is 5.23. The topological polar surface area (TPSA) is 44.5 Å². The van der Waals surface area contributed by atoms with Crippen LogP contribution in [0.2, 0.25) is 0 Å². The maximum atomic E-state index is 6.03. The molecule has 1 aromatic rings. The number of hydrogen-bond acceptors (Lipinski definition) is 3. The van der Waals surface area contributed by atoms with Gasteiger partial charge in [0.1, 0.15) is 11.5 Å². The molecular formula is C15H23NO2. The van der Waals surface area contributed by atoms with Crippen molar-refractivity contribution in [3.8, 4) is 11.5 Å². The minimum Gasteiger partial charge on any atom is -0.492 e. The first-order valence-electron chi connectivity index (χ1n) is 6.88. The van der Waals surface area contributed by atoms with Gasteiger partial charge in [0.2, 0.25) is 0 Å². The largest absolute Gasteiger partial charge is 0.492 e. The van der Waals surface area contributed by atoms with E-state index in [9.17, 15) is 0 Å². The van der Waals surface area contributed by atoms with Crippen molar-refractivity contribution in [1.29, 1.82) is 0 Å². The Hall–Kier alpha value is -1.38. The molecule has 0 heterocycles. The normalized spacial score (nSPS) is 23.7. The van der Waals surface area contributed by atoms with Gasteiger partial charge in [-0.1, -0.05) is 13.3 Å². The Kier molecular flexibility index (Phi) is 4.34. The van der Waals surface area contributed by atoms with Crippen LogP contribution in [-0.4, -0.2) is 12.7 Å². The fraction of sp³-hybridized carbons (Fsp3) is 0.600. The average molecular weight is 249 g/mol. The Labute approximate surface area is 109 Å². The molecule has 2 rings (SSSR count). The van der Waals surface area contributed by atoms with Gasteiger partial charge in [-0.3, -0.25) is 0 Å². The van der Waals surface area contributed by atoms with Crippen molar-refractivity contribution in [1.82, 2.24) is 0 Å². The van der Waals surface area contributed by atoms with E-state index in [0.717, 1.165) is 30.3 Å². The number of nitrogen functional groups attached to an aromatic ring is 1. The monoisotopic (exact) mass is 249 g/mol. The molecule has 0 saturated heterocycles. The Bertz CT molecular complexity index is 392. The molecule has 0 bridgehead atoms. The van der Waals surface area contributed by atoms with Crippen molar-refractivity contribution >= 4 is 5.69 Å². The third-order valence-electron chi connectivity index (χ3n) is 3.48. The molecule has 18 heavy (non-hydrogen) atoms. The predicted molar refractivity (Wildman–Crippen MR) is 74.1 cm³/mol. The highest BCUT2D eigenvalue weighted by molar-refractivity contribution is 5.55. The molecule has 1 aliphatic carbocycles. The maximum Gasteiger partial charge on any atom is 0.145 e. The minimum atomic E-state index is 0.340. The minimum absolute atomic E-state index is 0.340. The second-order valence-electron chi connectivity index (χ2n) is 5.14. The quantitative estimate of drug-likeness (QED) is 0.829. The summed E-state index contributed by atoms with van der Waals surface area (Å²) in [6, 6.07) is 5.68. The van der Waals surface area contributed by atoms with Crippen molar-refractivity contribution in [2.45, 2.75) is 45.6 Å². The third kappa shape index (κ3) is 3.31. The van der Waals surface area contributed by atoms with Crippen molar-refractivity contribution in [2.24, 2.45) is 5.92 Å². The van der Waals surface area contributed by atoms with E-state index in [4.69, 9.17) is 15.2 Å². The second kappa shape index (κ2) is 5.98. The predicted octanol–water partition coefficient (Wildman–Crippen LogP) is 3.63. The molecule has 2 N–H and O–H groups in total. The van der Waals surface area contributed by atoms with Gasteiger partial charge in [-0.25, -0.2) is 0 Å². The Morgan fingerprint density at radius 2 is 2.17 bits per heavy atom. The van der Waals surface area contributed by atoms with Crippen LogP contribution in [0.3, 0.4) is 0 Å². The number of hydrogen-bond donors (Lipinski definition) is 1. The van der Waals surface area contributed by atoms with Crippen LogP contribution >= 0.6 is 0 Å². The lowest BCUT2D eigenvalue weighted by atomic mass is 9.89. The Morgan fingerprint density at radius 3 is 2.89 bits per heavy atom. The standard InChI is InChI=1S/C15H23NO2/c1-3-17-15-10-13(7-8-14(15)16)18-12-6-4-5-11(2)9-12/h7-8,10-12H,3-6,9,16H2,1-2H3. The molecule has 0 aliphatic heterocycles. The average Bonchev–Trinajstić information content (AvgIpc) is 2.34. The van der Waals surface area contributed by atoms with Gasteiger partial charge in [-0.2, -0.15) is 0 Å². The molecule has 3 heteroatoms. The van der Waals surface area contributed by atoms with E-state index < -0.39 is 0 Å². The van der Waals surface area contributed by atoms with Crippen molar-refractivity contribution in [3.05, 3.63) is 18.2 Å². The summed E-state index contributed by atoms with van der Waals surface area (Å²) in [4.78, 5) is 0. The zero-order valence-electron chi connectivity index (χ0n) is 11.3. The first-order valence-corrected chi connectivity index (χ1v) is 6.88. The molecule has 0 amide bonds. The lowest BCUT2D eigenvalue weighted by Gasteiger charge is -2.27. The summed E-state index contributed by atoms with van der Waals surface area (Å²) < 4.78 is 11.5. The molecule has 100 valence electrons. The number of nitrogens with two attached hydrogens (primary N) is 1. The van der Waals surface area contributed by atoms with E-state index in [0.29, 0.717) is 18.4 Å². The molecule has 2 atom stereocenters. The van der Waals surface area contributed by atoms with E-state index in [1.54, 1.807) is 0 Å². The van der Waals surface area contributed by atoms with Crippen LogP contribution in [0.25, 0.3) is 0 Å². The van der Waals surface area contributed by atoms with Crippen molar-refractivity contribution in [2.75, 3.05) is 12.3 Å². The highest BCUT2D eigenvalue weighted by atomic mass is 16.5. The van der Waals surface area contributed by atoms with Crippen LogP contribution in [0.4, 0.5) is 5.69 Å². The fourth-order valence-corrected chi connectivity index (χ4v) is 2.55. The lowest BCUT2D eigenvalue weighted by molar-refractivity contribution is 0.129. The molecule has 2 unspecified atom stereocenters. The van der Waals surface area contributed by atoms with E-state index in [1.165, 1.54) is 12.8 Å². The third-order valence-corrected chi connectivity index (χ3v) is 3.48. The van der Waals surface area contributed by atoms with E-state index in [2.05, 4.69) is 6.92 Å². The van der Waals surface area contributed by atoms with E-state index in [-0.39, 0.29) is 0 Å². The van der Waals surface area contributed by atoms with Crippen LogP contribution in [0.15, 0.2) is 18.2 Å². The summed E-state index contributed by atoms with van der Waals surface area (Å²) >= 11 is 0. The van der Waals surface area contributed by atoms with Crippen LogP contribution < -0.4 is 15.2 Å². The molecule has 1 saturated carbocycles. The van der Waals surface area contributed by atoms with Gasteiger partial charge in [-0.15, -0.1) is 0 Å². The van der Waals surface area contributed by atoms with E-state index in [1.807, 2.05) is 25.1 Å². The van der Waals surface area contributed by atoms with Gasteiger partial charge < -0.3 is 15.2 Å². The van der Waals surface area contributed by atoms with Gasteiger partial charge in [0.05, 0.1) is 18.4 Å². The van der Waals surface area contributed by atoms with E-state index >= 15 is 0 Å². The SMILES string of the molecule is CCOc1cc(OC2CCCC(C)C2)ccc1N. The molecular weight excluding hydrogens is 226 g/mol. The molecule has 0 radical (unpaired) electrons. The highest BCUT2D eigenvalue weighted by Crippen LogP contribution is 2.31. The molecule has 0 aromatic heterocycles. The lowest BCUT2D eigenvalue weighted by Crippen LogP contribution is -2.24. The number of anilines is 1. The van der Waals surface area contributed by atoms with Gasteiger partial charge >= 0.3 is 0 Å². The van der Waals surface area contributed by atoms with Crippen LogP contribution in [0, 0.1) is 5.92 Å². The Morgan fingerprint density at radius 1 is 1.33 bits per heavy atom. The first kappa shape index (κ1) is 13.1. The number of rotatable bonds is 4. The number of benzene rings is 1. The second-order valence-corrected chi connectivity index (χ2v) is 5.14. The smallest absolute Gasteiger partial charge is 0.145 e. The zero-order chi connectivity index (χ0) is 13.0. The van der Waals surface area contributed by atoms with Crippen molar-refractivity contribution < 1.29 is 9.47 Å². The molecule has 1 aromatic carbocycles. The summed E-state index contributed by atoms with van der Waals surface area (Å²) in [6.45, 7) is 4.87. The Balaban J connectivity index is 2.02. The fourth-order valence-electron chi connectivity index (χ4n) is 2.55. The van der Waals surface area contributed by atoms with Crippen LogP contribution in [-0.2, 0) is 0 Å². The van der Waals surface area contributed by atoms with Gasteiger partial charge in [0, 0.05) is 6.07 Å². The maximum absolute atomic E-state index is 6.03. The number of ether oxygens (including phenoxy) is 2.